The first kappa shape index (κ1) is 26.0. The van der Waals surface area contributed by atoms with Gasteiger partial charge in [0.25, 0.3) is 11.7 Å². The number of halogens is 2. The molecule has 1 aliphatic rings. The number of rotatable bonds is 6. The number of carbonyl (C=O) groups is 1. The molecule has 0 radical (unpaired) electrons. The SMILES string of the molecule is Cn1c(CNC(=O)c2nc(Cl)c(N)nc2N)[n+](CC2CCC2)c2ccc(-c3ccc(O)cc3)cc21.[I-]. The first-order chi connectivity index (χ1) is 16.8. The predicted octanol–water partition coefficient (Wildman–Crippen LogP) is 0.180. The van der Waals surface area contributed by atoms with Crippen molar-refractivity contribution in [3.8, 4) is 16.9 Å². The van der Waals surface area contributed by atoms with Crippen molar-refractivity contribution in [1.29, 1.82) is 0 Å². The number of benzene rings is 2. The molecule has 0 aliphatic heterocycles. The second-order valence-electron chi connectivity index (χ2n) is 8.95. The minimum Gasteiger partial charge on any atom is -1.00 e. The van der Waals surface area contributed by atoms with E-state index >= 15 is 0 Å². The number of aromatic hydroxyl groups is 1. The van der Waals surface area contributed by atoms with Gasteiger partial charge >= 0.3 is 0 Å². The number of phenols is 1. The molecule has 36 heavy (non-hydrogen) atoms. The maximum absolute atomic E-state index is 12.9. The van der Waals surface area contributed by atoms with Crippen molar-refractivity contribution in [2.75, 3.05) is 11.5 Å². The van der Waals surface area contributed by atoms with E-state index in [0.29, 0.717) is 5.92 Å². The first-order valence-electron chi connectivity index (χ1n) is 11.5. The number of hydrogen-bond donors (Lipinski definition) is 4. The Kier molecular flexibility index (Phi) is 7.55. The van der Waals surface area contributed by atoms with E-state index in [0.717, 1.165) is 34.5 Å². The maximum Gasteiger partial charge on any atom is 0.276 e. The molecule has 0 saturated heterocycles. The third kappa shape index (κ3) is 4.92. The molecule has 1 aliphatic carbocycles. The third-order valence-corrected chi connectivity index (χ3v) is 7.00. The summed E-state index contributed by atoms with van der Waals surface area (Å²) in [6.45, 7) is 1.16. The van der Waals surface area contributed by atoms with Crippen LogP contribution < -0.4 is 45.3 Å². The summed E-state index contributed by atoms with van der Waals surface area (Å²) in [5, 5.41) is 12.5. The lowest BCUT2D eigenvalue weighted by molar-refractivity contribution is -0.688. The van der Waals surface area contributed by atoms with Gasteiger partial charge in [0.1, 0.15) is 12.3 Å². The summed E-state index contributed by atoms with van der Waals surface area (Å²) in [6, 6.07) is 13.5. The molecular formula is C25H27ClIN7O2. The number of phenolic OH excluding ortho intramolecular Hbond substituents is 1. The van der Waals surface area contributed by atoms with Crippen LogP contribution in [0.3, 0.4) is 0 Å². The van der Waals surface area contributed by atoms with E-state index in [2.05, 4.69) is 42.6 Å². The fraction of sp³-hybridized carbons (Fsp3) is 0.280. The highest BCUT2D eigenvalue weighted by Gasteiger charge is 2.29. The monoisotopic (exact) mass is 619 g/mol. The summed E-state index contributed by atoms with van der Waals surface area (Å²) in [5.74, 6) is 1.25. The second kappa shape index (κ2) is 10.5. The second-order valence-corrected chi connectivity index (χ2v) is 9.31. The van der Waals surface area contributed by atoms with Crippen LogP contribution >= 0.6 is 11.6 Å². The van der Waals surface area contributed by atoms with Crippen LogP contribution in [0.25, 0.3) is 22.2 Å². The Morgan fingerprint density at radius 3 is 2.50 bits per heavy atom. The Morgan fingerprint density at radius 2 is 1.83 bits per heavy atom. The van der Waals surface area contributed by atoms with E-state index in [1.165, 1.54) is 19.3 Å². The molecule has 4 aromatic rings. The quantitative estimate of drug-likeness (QED) is 0.180. The number of anilines is 2. The molecule has 1 saturated carbocycles. The van der Waals surface area contributed by atoms with Gasteiger partial charge in [-0.3, -0.25) is 4.79 Å². The zero-order valence-electron chi connectivity index (χ0n) is 19.7. The largest absolute Gasteiger partial charge is 1.00 e. The Bertz CT molecular complexity index is 1440. The van der Waals surface area contributed by atoms with Crippen LogP contribution in [0.5, 0.6) is 5.75 Å². The topological polar surface area (TPSA) is 136 Å². The van der Waals surface area contributed by atoms with E-state index in [1.54, 1.807) is 12.1 Å². The normalized spacial score (nSPS) is 13.3. The molecule has 0 spiro atoms. The number of amides is 1. The number of fused-ring (bicyclic) bond motifs is 1. The summed E-state index contributed by atoms with van der Waals surface area (Å²) in [7, 11) is 2.00. The lowest BCUT2D eigenvalue weighted by Crippen LogP contribution is -3.00. The van der Waals surface area contributed by atoms with Crippen LogP contribution in [-0.4, -0.2) is 25.5 Å². The van der Waals surface area contributed by atoms with Gasteiger partial charge in [0.15, 0.2) is 33.5 Å². The number of aryl methyl sites for hydroxylation is 1. The van der Waals surface area contributed by atoms with E-state index in [4.69, 9.17) is 23.1 Å². The third-order valence-electron chi connectivity index (χ3n) is 6.72. The Hall–Kier alpha value is -3.12. The van der Waals surface area contributed by atoms with Gasteiger partial charge in [-0.15, -0.1) is 0 Å². The van der Waals surface area contributed by atoms with E-state index < -0.39 is 5.91 Å². The Morgan fingerprint density at radius 1 is 1.14 bits per heavy atom. The van der Waals surface area contributed by atoms with Crippen LogP contribution in [-0.2, 0) is 20.1 Å². The van der Waals surface area contributed by atoms with Gasteiger partial charge in [0.05, 0.1) is 13.6 Å². The summed E-state index contributed by atoms with van der Waals surface area (Å²) < 4.78 is 4.38. The molecule has 6 N–H and O–H groups in total. The number of hydrogen-bond acceptors (Lipinski definition) is 6. The van der Waals surface area contributed by atoms with Crippen LogP contribution in [0, 0.1) is 5.92 Å². The van der Waals surface area contributed by atoms with Crippen molar-refractivity contribution in [3.05, 3.63) is 59.1 Å². The molecular weight excluding hydrogens is 593 g/mol. The molecule has 0 atom stereocenters. The van der Waals surface area contributed by atoms with Crippen LogP contribution in [0.4, 0.5) is 11.6 Å². The lowest BCUT2D eigenvalue weighted by Gasteiger charge is -2.24. The number of imidazole rings is 1. The summed E-state index contributed by atoms with van der Waals surface area (Å²) in [5.41, 5.74) is 15.6. The number of nitrogens with one attached hydrogen (secondary N) is 1. The molecule has 11 heteroatoms. The van der Waals surface area contributed by atoms with Gasteiger partial charge < -0.3 is 45.9 Å². The smallest absolute Gasteiger partial charge is 0.276 e. The highest BCUT2D eigenvalue weighted by molar-refractivity contribution is 6.31. The van der Waals surface area contributed by atoms with Gasteiger partial charge in [-0.1, -0.05) is 30.2 Å². The number of carbonyl (C=O) groups excluding carboxylic acids is 1. The average Bonchev–Trinajstić information content (AvgIpc) is 3.07. The van der Waals surface area contributed by atoms with E-state index in [-0.39, 0.29) is 58.8 Å². The maximum atomic E-state index is 12.9. The zero-order valence-corrected chi connectivity index (χ0v) is 22.6. The highest BCUT2D eigenvalue weighted by Crippen LogP contribution is 2.29. The minimum atomic E-state index is -0.470. The van der Waals surface area contributed by atoms with Crippen molar-refractivity contribution in [3.63, 3.8) is 0 Å². The Labute approximate surface area is 230 Å². The molecule has 0 unspecified atom stereocenters. The molecule has 2 aromatic carbocycles. The van der Waals surface area contributed by atoms with Crippen molar-refractivity contribution in [2.24, 2.45) is 13.0 Å². The summed E-state index contributed by atoms with van der Waals surface area (Å²) in [6.07, 6.45) is 3.66. The molecule has 2 aromatic heterocycles. The van der Waals surface area contributed by atoms with Gasteiger partial charge in [-0.05, 0) is 60.2 Å². The molecule has 1 amide bonds. The molecule has 9 nitrogen and oxygen atoms in total. The molecule has 188 valence electrons. The number of aromatic nitrogens is 4. The van der Waals surface area contributed by atoms with E-state index in [1.807, 2.05) is 19.2 Å². The molecule has 2 heterocycles. The number of nitrogens with two attached hydrogens (primary N) is 2. The number of nitrogen functional groups attached to an aromatic ring is 2. The fourth-order valence-electron chi connectivity index (χ4n) is 4.52. The number of nitrogens with zero attached hydrogens (tertiary/aromatic N) is 4. The van der Waals surface area contributed by atoms with Crippen molar-refractivity contribution >= 4 is 40.2 Å². The van der Waals surface area contributed by atoms with Crippen molar-refractivity contribution in [1.82, 2.24) is 19.9 Å². The first-order valence-corrected chi connectivity index (χ1v) is 11.9. The van der Waals surface area contributed by atoms with E-state index in [9.17, 15) is 9.90 Å². The van der Waals surface area contributed by atoms with Crippen molar-refractivity contribution in [2.45, 2.75) is 32.4 Å². The van der Waals surface area contributed by atoms with Gasteiger partial charge in [-0.2, -0.15) is 0 Å². The van der Waals surface area contributed by atoms with Gasteiger partial charge in [0, 0.05) is 0 Å². The van der Waals surface area contributed by atoms with Crippen LogP contribution in [0.2, 0.25) is 5.15 Å². The highest BCUT2D eigenvalue weighted by atomic mass is 127. The standard InChI is InChI=1S/C25H26ClN7O2.HI/c1-32-19-11-16(15-5-8-17(34)9-6-15)7-10-18(19)33(13-14-3-2-4-14)20(32)12-29-25(35)21-23(27)31-24(28)22(26)30-21;/h5-11,14H,2-4,12-13H2,1H3,(H5-,27,28,29,31,34,35);1H. The molecule has 5 rings (SSSR count). The van der Waals surface area contributed by atoms with Gasteiger partial charge in [0.2, 0.25) is 0 Å². The van der Waals surface area contributed by atoms with Crippen molar-refractivity contribution < 1.29 is 38.4 Å². The van der Waals surface area contributed by atoms with Crippen LogP contribution in [0.1, 0.15) is 35.6 Å². The summed E-state index contributed by atoms with van der Waals surface area (Å²) in [4.78, 5) is 20.8. The van der Waals surface area contributed by atoms with Gasteiger partial charge in [-0.25, -0.2) is 19.1 Å². The zero-order chi connectivity index (χ0) is 24.7. The predicted molar refractivity (Wildman–Crippen MR) is 135 cm³/mol. The average molecular weight is 620 g/mol. The fourth-order valence-corrected chi connectivity index (χ4v) is 4.64. The summed E-state index contributed by atoms with van der Waals surface area (Å²) >= 11 is 5.95. The molecule has 1 fully saturated rings. The lowest BCUT2D eigenvalue weighted by atomic mass is 9.85. The Balaban J connectivity index is 0.00000304. The minimum absolute atomic E-state index is 0. The van der Waals surface area contributed by atoms with Crippen LogP contribution in [0.15, 0.2) is 42.5 Å². The molecule has 0 bridgehead atoms.